The van der Waals surface area contributed by atoms with Gasteiger partial charge >= 0.3 is 17.4 Å². The van der Waals surface area contributed by atoms with Gasteiger partial charge in [-0.3, -0.25) is 0 Å². The van der Waals surface area contributed by atoms with E-state index in [1.165, 1.54) is 0 Å². The van der Waals surface area contributed by atoms with Crippen LogP contribution in [0.5, 0.6) is 0 Å². The van der Waals surface area contributed by atoms with Gasteiger partial charge < -0.3 is 5.11 Å². The Kier molecular flexibility index (Phi) is 7.55. The van der Waals surface area contributed by atoms with Gasteiger partial charge in [0.15, 0.2) is 0 Å². The van der Waals surface area contributed by atoms with Crippen LogP contribution in [-0.2, 0) is 0 Å². The quantitative estimate of drug-likeness (QED) is 0.783. The zero-order valence-corrected chi connectivity index (χ0v) is 9.88. The number of hydrogen-bond donors (Lipinski definition) is 1. The van der Waals surface area contributed by atoms with Crippen LogP contribution in [0.3, 0.4) is 0 Å². The van der Waals surface area contributed by atoms with Crippen molar-refractivity contribution in [2.45, 2.75) is 0 Å². The minimum absolute atomic E-state index is 0.331. The van der Waals surface area contributed by atoms with E-state index in [-0.39, 0.29) is 0 Å². The molecular formula is C7H6AlCl3O2. The standard InChI is InChI=1S/C7H6O2.Al.3ClH/c8-7(9)6-4-2-1-3-5-6;;;;/h1-5H,(H,8,9);;3*1H/q;+3;;;/p-3. The van der Waals surface area contributed by atoms with Crippen molar-refractivity contribution in [3.05, 3.63) is 35.9 Å². The van der Waals surface area contributed by atoms with Crippen molar-refractivity contribution in [2.24, 2.45) is 0 Å². The van der Waals surface area contributed by atoms with Gasteiger partial charge in [0.05, 0.1) is 5.56 Å². The lowest BCUT2D eigenvalue weighted by Crippen LogP contribution is -1.93. The Balaban J connectivity index is 0.000000310. The van der Waals surface area contributed by atoms with E-state index in [1.807, 2.05) is 0 Å². The molecule has 0 saturated heterocycles. The molecule has 0 aliphatic rings. The average molecular weight is 255 g/mol. The molecule has 0 fully saturated rings. The first-order valence-corrected chi connectivity index (χ1v) is 8.48. The average Bonchev–Trinajstić information content (AvgIpc) is 2.05. The number of carbonyl (C=O) groups is 1. The second-order valence-corrected chi connectivity index (χ2v) is 8.35. The van der Waals surface area contributed by atoms with E-state index in [0.717, 1.165) is 0 Å². The van der Waals surface area contributed by atoms with Crippen LogP contribution in [-0.4, -0.2) is 22.5 Å². The van der Waals surface area contributed by atoms with Gasteiger partial charge in [-0.05, 0) is 12.1 Å². The summed E-state index contributed by atoms with van der Waals surface area (Å²) in [5.74, 6) is -0.879. The fourth-order valence-electron chi connectivity index (χ4n) is 0.581. The summed E-state index contributed by atoms with van der Waals surface area (Å²) < 4.78 is 0. The van der Waals surface area contributed by atoms with Crippen LogP contribution in [0.1, 0.15) is 10.4 Å². The third-order valence-corrected chi connectivity index (χ3v) is 1.02. The lowest BCUT2D eigenvalue weighted by atomic mass is 10.2. The lowest BCUT2D eigenvalue weighted by Gasteiger charge is -1.88. The van der Waals surface area contributed by atoms with Gasteiger partial charge in [0, 0.05) is 0 Å². The number of rotatable bonds is 1. The van der Waals surface area contributed by atoms with E-state index in [1.54, 1.807) is 30.3 Å². The van der Waals surface area contributed by atoms with E-state index in [4.69, 9.17) is 35.3 Å². The van der Waals surface area contributed by atoms with Crippen molar-refractivity contribution in [3.8, 4) is 0 Å². The van der Waals surface area contributed by atoms with Crippen LogP contribution in [0, 0.1) is 0 Å². The van der Waals surface area contributed by atoms with Crippen molar-refractivity contribution >= 4 is 47.5 Å². The van der Waals surface area contributed by atoms with Crippen LogP contribution in [0.2, 0.25) is 0 Å². The van der Waals surface area contributed by atoms with Crippen molar-refractivity contribution < 1.29 is 9.90 Å². The predicted molar refractivity (Wildman–Crippen MR) is 56.7 cm³/mol. The zero-order valence-electron chi connectivity index (χ0n) is 6.45. The van der Waals surface area contributed by atoms with Crippen molar-refractivity contribution in [1.82, 2.24) is 0 Å². The summed E-state index contributed by atoms with van der Waals surface area (Å²) in [6.45, 7) is 0. The van der Waals surface area contributed by atoms with Crippen molar-refractivity contribution in [3.63, 3.8) is 0 Å². The summed E-state index contributed by atoms with van der Waals surface area (Å²) in [5, 5.41) is 8.38. The second kappa shape index (κ2) is 7.49. The monoisotopic (exact) mass is 254 g/mol. The molecule has 0 saturated carbocycles. The molecule has 0 radical (unpaired) electrons. The maximum absolute atomic E-state index is 10.2. The molecule has 0 aromatic heterocycles. The predicted octanol–water partition coefficient (Wildman–Crippen LogP) is 3.07. The van der Waals surface area contributed by atoms with Gasteiger partial charge in [-0.15, -0.1) is 0 Å². The topological polar surface area (TPSA) is 37.3 Å². The number of hydrogen-bond acceptors (Lipinski definition) is 1. The molecule has 0 aliphatic heterocycles. The van der Waals surface area contributed by atoms with Crippen LogP contribution in [0.15, 0.2) is 30.3 Å². The fourth-order valence-corrected chi connectivity index (χ4v) is 0.581. The van der Waals surface area contributed by atoms with Crippen LogP contribution >= 0.6 is 30.1 Å². The van der Waals surface area contributed by atoms with Gasteiger partial charge in [-0.25, -0.2) is 34.9 Å². The molecule has 2 nitrogen and oxygen atoms in total. The first-order valence-electron chi connectivity index (χ1n) is 3.24. The molecule has 0 heterocycles. The lowest BCUT2D eigenvalue weighted by molar-refractivity contribution is 0.0697. The van der Waals surface area contributed by atoms with Gasteiger partial charge in [0.1, 0.15) is 0 Å². The summed E-state index contributed by atoms with van der Waals surface area (Å²) in [6.07, 6.45) is 0. The van der Waals surface area contributed by atoms with Gasteiger partial charge in [-0.2, -0.15) is 0 Å². The number of carboxylic acid groups (broad SMARTS) is 1. The number of carboxylic acids is 1. The van der Waals surface area contributed by atoms with Crippen LogP contribution < -0.4 is 0 Å². The highest BCUT2D eigenvalue weighted by atomic mass is 35.8. The summed E-state index contributed by atoms with van der Waals surface area (Å²) in [7, 11) is 14.8. The second-order valence-electron chi connectivity index (χ2n) is 1.92. The number of halogens is 3. The first kappa shape index (κ1) is 13.1. The minimum Gasteiger partial charge on any atom is -0.478 e. The molecule has 0 spiro atoms. The molecule has 0 bridgehead atoms. The molecule has 6 heteroatoms. The molecule has 0 aliphatic carbocycles. The summed E-state index contributed by atoms with van der Waals surface area (Å²) >= 11 is -1.72. The zero-order chi connectivity index (χ0) is 10.3. The molecule has 0 amide bonds. The van der Waals surface area contributed by atoms with Crippen molar-refractivity contribution in [1.29, 1.82) is 0 Å². The number of aromatic carboxylic acids is 1. The van der Waals surface area contributed by atoms with E-state index < -0.39 is 17.4 Å². The molecule has 70 valence electrons. The highest BCUT2D eigenvalue weighted by molar-refractivity contribution is 7.54. The first-order chi connectivity index (χ1) is 6.04. The highest BCUT2D eigenvalue weighted by Crippen LogP contribution is 1.97. The molecule has 0 atom stereocenters. The molecule has 0 unspecified atom stereocenters. The van der Waals surface area contributed by atoms with Crippen LogP contribution in [0.25, 0.3) is 0 Å². The van der Waals surface area contributed by atoms with E-state index in [0.29, 0.717) is 5.56 Å². The fraction of sp³-hybridized carbons (Fsp3) is 0. The Morgan fingerprint density at radius 3 is 1.77 bits per heavy atom. The van der Waals surface area contributed by atoms with E-state index >= 15 is 0 Å². The maximum Gasteiger partial charge on any atom is 0.643 e. The third-order valence-electron chi connectivity index (χ3n) is 1.02. The summed E-state index contributed by atoms with van der Waals surface area (Å²) in [5.41, 5.74) is 0.331. The van der Waals surface area contributed by atoms with Gasteiger partial charge in [-0.1, -0.05) is 18.2 Å². The smallest absolute Gasteiger partial charge is 0.478 e. The Bertz CT molecular complexity index is 250. The Labute approximate surface area is 93.0 Å². The molecule has 1 aromatic carbocycles. The SMILES string of the molecule is O=C(O)c1ccccc1.[Cl][Al]([Cl])[Cl]. The number of benzene rings is 1. The molecule has 13 heavy (non-hydrogen) atoms. The van der Waals surface area contributed by atoms with Gasteiger partial charge in [0.2, 0.25) is 0 Å². The van der Waals surface area contributed by atoms with E-state index in [2.05, 4.69) is 0 Å². The van der Waals surface area contributed by atoms with Crippen LogP contribution in [0.4, 0.5) is 0 Å². The maximum atomic E-state index is 10.2. The molecular weight excluding hydrogens is 249 g/mol. The molecule has 1 aromatic rings. The Morgan fingerprint density at radius 2 is 1.54 bits per heavy atom. The third kappa shape index (κ3) is 8.42. The Morgan fingerprint density at radius 1 is 1.15 bits per heavy atom. The summed E-state index contributed by atoms with van der Waals surface area (Å²) in [4.78, 5) is 10.2. The van der Waals surface area contributed by atoms with Crippen molar-refractivity contribution in [2.75, 3.05) is 0 Å². The minimum atomic E-state index is -1.72. The normalized spacial score (nSPS) is 8.23. The molecule has 1 rings (SSSR count). The van der Waals surface area contributed by atoms with Gasteiger partial charge in [0.25, 0.3) is 0 Å². The largest absolute Gasteiger partial charge is 0.643 e. The molecule has 1 N–H and O–H groups in total. The Hall–Kier alpha value is 0.0925. The van der Waals surface area contributed by atoms with E-state index in [9.17, 15) is 4.79 Å². The highest BCUT2D eigenvalue weighted by Gasteiger charge is 2.00. The summed E-state index contributed by atoms with van der Waals surface area (Å²) in [6, 6.07) is 8.30.